The van der Waals surface area contributed by atoms with Crippen LogP contribution in [0.1, 0.15) is 99.2 Å². The van der Waals surface area contributed by atoms with Gasteiger partial charge in [0.25, 0.3) is 5.91 Å². The van der Waals surface area contributed by atoms with Crippen LogP contribution >= 0.6 is 11.6 Å². The summed E-state index contributed by atoms with van der Waals surface area (Å²) >= 11 is 6.26. The largest absolute Gasteiger partial charge is 0.489 e. The number of rotatable bonds is 12. The molecular formula is C54H59ClN10O5. The van der Waals surface area contributed by atoms with Gasteiger partial charge in [-0.15, -0.1) is 0 Å². The standard InChI is InChI=1S/C54H59ClN10O5/c1-33(66)64-20-15-47-44(30-64)48(62-65(47)40-16-21-68-22-17-40)42-8-6-7-35-23-46(58-29-43(35)42)37-9-11-39(57-26-37)32-69-31-34-13-18-63(19-14-34)52-59-27-38(28-60-52)49(67)61-50-53(2,3)51(54(50,4)5)70-41-12-10-36(25-56)45(55)24-41/h6-12,23-24,26-29,34,40,50-51H,13-22,30-32H2,1-5H3,(H,61,67). The monoisotopic (exact) mass is 962 g/mol. The molecule has 10 rings (SSSR count). The first-order valence-electron chi connectivity index (χ1n) is 24.4. The van der Waals surface area contributed by atoms with E-state index >= 15 is 0 Å². The maximum Gasteiger partial charge on any atom is 0.254 e. The molecule has 2 saturated heterocycles. The smallest absolute Gasteiger partial charge is 0.254 e. The van der Waals surface area contributed by atoms with Gasteiger partial charge in [0.1, 0.15) is 17.9 Å². The van der Waals surface area contributed by atoms with Gasteiger partial charge in [0, 0.05) is 128 Å². The molecule has 0 unspecified atom stereocenters. The van der Waals surface area contributed by atoms with E-state index in [1.54, 1.807) is 37.5 Å². The highest BCUT2D eigenvalue weighted by molar-refractivity contribution is 6.31. The number of hydrogen-bond donors (Lipinski definition) is 1. The number of benzene rings is 2. The number of hydrogen-bond acceptors (Lipinski definition) is 12. The van der Waals surface area contributed by atoms with E-state index in [2.05, 4.69) is 89.0 Å². The predicted molar refractivity (Wildman–Crippen MR) is 266 cm³/mol. The number of aromatic nitrogens is 6. The molecule has 0 atom stereocenters. The Bertz CT molecular complexity index is 2940. The van der Waals surface area contributed by atoms with Crippen LogP contribution in [-0.4, -0.2) is 98.0 Å². The van der Waals surface area contributed by atoms with Crippen LogP contribution in [0.2, 0.25) is 5.02 Å². The Balaban J connectivity index is 0.706. The zero-order valence-electron chi connectivity index (χ0n) is 40.5. The molecule has 0 radical (unpaired) electrons. The third-order valence-electron chi connectivity index (χ3n) is 15.0. The van der Waals surface area contributed by atoms with Gasteiger partial charge in [-0.2, -0.15) is 10.4 Å². The van der Waals surface area contributed by atoms with Gasteiger partial charge in [0.15, 0.2) is 0 Å². The van der Waals surface area contributed by atoms with Gasteiger partial charge >= 0.3 is 0 Å². The Kier molecular flexibility index (Phi) is 13.1. The molecule has 4 aliphatic rings. The van der Waals surface area contributed by atoms with E-state index in [1.807, 2.05) is 23.4 Å². The zero-order chi connectivity index (χ0) is 48.7. The number of amides is 2. The second-order valence-electron chi connectivity index (χ2n) is 20.4. The Morgan fingerprint density at radius 3 is 2.39 bits per heavy atom. The van der Waals surface area contributed by atoms with Crippen LogP contribution in [0.5, 0.6) is 5.75 Å². The van der Waals surface area contributed by atoms with Crippen LogP contribution in [0, 0.1) is 28.1 Å². The fourth-order valence-corrected chi connectivity index (χ4v) is 11.6. The fraction of sp³-hybridized carbons (Fsp3) is 0.444. The Morgan fingerprint density at radius 2 is 1.69 bits per heavy atom. The number of nitrogens with one attached hydrogen (secondary N) is 1. The highest BCUT2D eigenvalue weighted by atomic mass is 35.5. The Labute approximate surface area is 413 Å². The number of nitriles is 1. The molecule has 3 fully saturated rings. The van der Waals surface area contributed by atoms with Crippen molar-refractivity contribution >= 4 is 40.1 Å². The fourth-order valence-electron chi connectivity index (χ4n) is 11.4. The first-order valence-corrected chi connectivity index (χ1v) is 24.8. The molecule has 0 bridgehead atoms. The van der Waals surface area contributed by atoms with Crippen LogP contribution in [0.15, 0.2) is 79.4 Å². The van der Waals surface area contributed by atoms with Crippen LogP contribution in [0.3, 0.4) is 0 Å². The van der Waals surface area contributed by atoms with Gasteiger partial charge in [-0.3, -0.25) is 24.2 Å². The Hall–Kier alpha value is -6.47. The summed E-state index contributed by atoms with van der Waals surface area (Å²) in [5.74, 6) is 1.45. The van der Waals surface area contributed by atoms with Gasteiger partial charge in [-0.05, 0) is 67.3 Å². The van der Waals surface area contributed by atoms with E-state index < -0.39 is 0 Å². The van der Waals surface area contributed by atoms with Crippen molar-refractivity contribution in [2.24, 2.45) is 16.7 Å². The molecule has 70 heavy (non-hydrogen) atoms. The SMILES string of the molecule is CC(=O)N1CCc2c(c(-c3cccc4cc(-c5ccc(COCC6CCN(c7ncc(C(=O)NC8C(C)(C)C(Oc9ccc(C#N)c(Cl)c9)C8(C)C)cn7)CC6)nc5)ncc34)nn2C2CCOCC2)C1. The van der Waals surface area contributed by atoms with Crippen LogP contribution < -0.4 is 15.0 Å². The van der Waals surface area contributed by atoms with Crippen LogP contribution in [0.25, 0.3) is 33.3 Å². The van der Waals surface area contributed by atoms with Crippen molar-refractivity contribution in [1.82, 2.24) is 39.9 Å². The van der Waals surface area contributed by atoms with Crippen molar-refractivity contribution in [3.63, 3.8) is 0 Å². The summed E-state index contributed by atoms with van der Waals surface area (Å²) in [6, 6.07) is 19.7. The molecule has 1 saturated carbocycles. The van der Waals surface area contributed by atoms with Gasteiger partial charge in [-0.1, -0.05) is 57.5 Å². The number of pyridine rings is 2. The minimum atomic E-state index is -0.387. The minimum Gasteiger partial charge on any atom is -0.489 e. The molecule has 362 valence electrons. The molecule has 4 aromatic heterocycles. The van der Waals surface area contributed by atoms with E-state index in [-0.39, 0.29) is 40.8 Å². The molecular weight excluding hydrogens is 904 g/mol. The highest BCUT2D eigenvalue weighted by Crippen LogP contribution is 2.55. The van der Waals surface area contributed by atoms with E-state index in [4.69, 9.17) is 40.9 Å². The summed E-state index contributed by atoms with van der Waals surface area (Å²) in [4.78, 5) is 48.9. The summed E-state index contributed by atoms with van der Waals surface area (Å²) < 4.78 is 20.5. The van der Waals surface area contributed by atoms with Gasteiger partial charge in [0.05, 0.1) is 52.5 Å². The summed E-state index contributed by atoms with van der Waals surface area (Å²) in [6.45, 7) is 15.3. The average molecular weight is 964 g/mol. The summed E-state index contributed by atoms with van der Waals surface area (Å²) in [6.07, 6.45) is 11.3. The summed E-state index contributed by atoms with van der Waals surface area (Å²) in [5, 5.41) is 20.2. The maximum absolute atomic E-state index is 13.5. The van der Waals surface area contributed by atoms with Crippen molar-refractivity contribution in [2.45, 2.75) is 98.1 Å². The van der Waals surface area contributed by atoms with Crippen molar-refractivity contribution in [3.05, 3.63) is 112 Å². The van der Waals surface area contributed by atoms with Crippen LogP contribution in [-0.2, 0) is 33.8 Å². The lowest BCUT2D eigenvalue weighted by Gasteiger charge is -2.63. The average Bonchev–Trinajstić information content (AvgIpc) is 3.76. The van der Waals surface area contributed by atoms with E-state index in [0.717, 1.165) is 103 Å². The number of carbonyl (C=O) groups is 2. The van der Waals surface area contributed by atoms with E-state index in [9.17, 15) is 14.9 Å². The number of nitrogens with zero attached hydrogens (tertiary/aromatic N) is 9. The molecule has 7 heterocycles. The van der Waals surface area contributed by atoms with E-state index in [1.165, 1.54) is 5.69 Å². The lowest BCUT2D eigenvalue weighted by molar-refractivity contribution is -0.164. The summed E-state index contributed by atoms with van der Waals surface area (Å²) in [5.41, 5.74) is 6.97. The lowest BCUT2D eigenvalue weighted by atomic mass is 9.49. The molecule has 15 nitrogen and oxygen atoms in total. The minimum absolute atomic E-state index is 0.0824. The molecule has 3 aliphatic heterocycles. The molecule has 0 spiro atoms. The molecule has 16 heteroatoms. The molecule has 1 N–H and O–H groups in total. The van der Waals surface area contributed by atoms with Gasteiger partial charge < -0.3 is 29.3 Å². The quantitative estimate of drug-likeness (QED) is 0.124. The molecule has 2 amide bonds. The van der Waals surface area contributed by atoms with Crippen LogP contribution in [0.4, 0.5) is 5.95 Å². The Morgan fingerprint density at radius 1 is 0.914 bits per heavy atom. The van der Waals surface area contributed by atoms with Crippen molar-refractivity contribution in [1.29, 1.82) is 5.26 Å². The first-order chi connectivity index (χ1) is 33.8. The normalized spacial score (nSPS) is 20.1. The third kappa shape index (κ3) is 9.20. The van der Waals surface area contributed by atoms with Crippen molar-refractivity contribution in [3.8, 4) is 34.3 Å². The molecule has 6 aromatic rings. The lowest BCUT2D eigenvalue weighted by Crippen LogP contribution is -2.74. The molecule has 2 aromatic carbocycles. The number of carbonyl (C=O) groups excluding carboxylic acids is 2. The van der Waals surface area contributed by atoms with Crippen molar-refractivity contribution in [2.75, 3.05) is 44.4 Å². The number of anilines is 1. The second-order valence-corrected chi connectivity index (χ2v) is 20.8. The number of halogens is 1. The van der Waals surface area contributed by atoms with Crippen molar-refractivity contribution < 1.29 is 23.8 Å². The third-order valence-corrected chi connectivity index (χ3v) is 15.4. The molecule has 1 aliphatic carbocycles. The van der Waals surface area contributed by atoms with E-state index in [0.29, 0.717) is 60.1 Å². The first kappa shape index (κ1) is 47.2. The highest BCUT2D eigenvalue weighted by Gasteiger charge is 2.64. The number of piperidine rings is 1. The zero-order valence-corrected chi connectivity index (χ0v) is 41.2. The van der Waals surface area contributed by atoms with Gasteiger partial charge in [0.2, 0.25) is 11.9 Å². The second kappa shape index (κ2) is 19.4. The van der Waals surface area contributed by atoms with Gasteiger partial charge in [-0.25, -0.2) is 9.97 Å². The number of fused-ring (bicyclic) bond motifs is 2. The predicted octanol–water partition coefficient (Wildman–Crippen LogP) is 8.78. The maximum atomic E-state index is 13.5. The summed E-state index contributed by atoms with van der Waals surface area (Å²) in [7, 11) is 0. The number of ether oxygens (including phenoxy) is 3. The topological polar surface area (TPSA) is 174 Å².